The Bertz CT molecular complexity index is 714. The molecule has 5 nitrogen and oxygen atoms in total. The van der Waals surface area contributed by atoms with E-state index in [9.17, 15) is 4.79 Å². The predicted molar refractivity (Wildman–Crippen MR) is 91.0 cm³/mol. The van der Waals surface area contributed by atoms with E-state index < -0.39 is 6.09 Å². The molecule has 1 heterocycles. The minimum Gasteiger partial charge on any atom is -0.505 e. The molecule has 1 unspecified atom stereocenters. The van der Waals surface area contributed by atoms with Crippen molar-refractivity contribution in [2.24, 2.45) is 0 Å². The fourth-order valence-electron chi connectivity index (χ4n) is 2.49. The lowest BCUT2D eigenvalue weighted by atomic mass is 10.2. The van der Waals surface area contributed by atoms with E-state index in [-0.39, 0.29) is 12.7 Å². The van der Waals surface area contributed by atoms with Gasteiger partial charge in [0.1, 0.15) is 18.5 Å². The van der Waals surface area contributed by atoms with E-state index in [1.165, 1.54) is 0 Å². The van der Waals surface area contributed by atoms with Crippen LogP contribution in [0.15, 0.2) is 66.9 Å². The van der Waals surface area contributed by atoms with E-state index >= 15 is 0 Å². The number of nitrogens with zero attached hydrogens (tertiary/aromatic N) is 1. The van der Waals surface area contributed by atoms with Crippen molar-refractivity contribution in [2.75, 3.05) is 18.6 Å². The van der Waals surface area contributed by atoms with Crippen LogP contribution >= 0.6 is 0 Å². The summed E-state index contributed by atoms with van der Waals surface area (Å²) >= 11 is 0. The average Bonchev–Trinajstić information content (AvgIpc) is 2.64. The quantitative estimate of drug-likeness (QED) is 0.803. The number of hydrogen-bond donors (Lipinski definition) is 0. The molecule has 0 aliphatic carbocycles. The molecule has 0 saturated carbocycles. The molecular formula is C19H19NO4. The molecule has 3 rings (SSSR count). The van der Waals surface area contributed by atoms with E-state index in [0.717, 1.165) is 5.56 Å². The second-order valence-electron chi connectivity index (χ2n) is 5.34. The van der Waals surface area contributed by atoms with Gasteiger partial charge in [-0.15, -0.1) is 0 Å². The number of ether oxygens (including phenoxy) is 3. The summed E-state index contributed by atoms with van der Waals surface area (Å²) in [5, 5.41) is 0. The average molecular weight is 325 g/mol. The Morgan fingerprint density at radius 1 is 1.21 bits per heavy atom. The molecule has 2 aromatic carbocycles. The number of para-hydroxylation sites is 2. The second kappa shape index (κ2) is 7.55. The highest BCUT2D eigenvalue weighted by Gasteiger charge is 2.29. The first-order chi connectivity index (χ1) is 11.8. The van der Waals surface area contributed by atoms with Gasteiger partial charge >= 0.3 is 6.09 Å². The van der Waals surface area contributed by atoms with Crippen LogP contribution in [0.2, 0.25) is 0 Å². The number of methoxy groups -OCH3 is 1. The molecule has 1 atom stereocenters. The first-order valence-corrected chi connectivity index (χ1v) is 7.71. The number of carbonyl (C=O) groups excluding carboxylic acids is 1. The molecule has 24 heavy (non-hydrogen) atoms. The minimum absolute atomic E-state index is 0.234. The third kappa shape index (κ3) is 3.68. The summed E-state index contributed by atoms with van der Waals surface area (Å²) in [6, 6.07) is 17.0. The molecule has 2 aromatic rings. The zero-order valence-electron chi connectivity index (χ0n) is 13.4. The normalized spacial score (nSPS) is 16.4. The van der Waals surface area contributed by atoms with Crippen molar-refractivity contribution in [1.29, 1.82) is 0 Å². The molecule has 1 aliphatic rings. The highest BCUT2D eigenvalue weighted by molar-refractivity contribution is 5.90. The fourth-order valence-corrected chi connectivity index (χ4v) is 2.49. The van der Waals surface area contributed by atoms with Crippen LogP contribution in [0.5, 0.6) is 5.75 Å². The number of carbonyl (C=O) groups is 1. The Morgan fingerprint density at radius 2 is 1.96 bits per heavy atom. The zero-order valence-corrected chi connectivity index (χ0v) is 13.4. The van der Waals surface area contributed by atoms with Crippen molar-refractivity contribution in [3.63, 3.8) is 0 Å². The highest BCUT2D eigenvalue weighted by Crippen LogP contribution is 2.33. The van der Waals surface area contributed by atoms with Crippen LogP contribution in [0.1, 0.15) is 5.56 Å². The van der Waals surface area contributed by atoms with Crippen molar-refractivity contribution in [2.45, 2.75) is 12.7 Å². The van der Waals surface area contributed by atoms with E-state index in [1.54, 1.807) is 24.3 Å². The number of anilines is 1. The van der Waals surface area contributed by atoms with Gasteiger partial charge in [0.15, 0.2) is 0 Å². The first kappa shape index (κ1) is 15.9. The number of fused-ring (bicyclic) bond motifs is 1. The molecule has 0 fully saturated rings. The maximum absolute atomic E-state index is 12.5. The molecule has 5 heteroatoms. The Labute approximate surface area is 141 Å². The van der Waals surface area contributed by atoms with Crippen molar-refractivity contribution < 1.29 is 19.0 Å². The molecular weight excluding hydrogens is 306 g/mol. The Hall–Kier alpha value is -2.95. The third-order valence-corrected chi connectivity index (χ3v) is 3.65. The lowest BCUT2D eigenvalue weighted by molar-refractivity contribution is 0.140. The van der Waals surface area contributed by atoms with Crippen LogP contribution in [-0.4, -0.2) is 25.9 Å². The van der Waals surface area contributed by atoms with Gasteiger partial charge < -0.3 is 14.2 Å². The number of rotatable bonds is 4. The number of hydrogen-bond acceptors (Lipinski definition) is 4. The van der Waals surface area contributed by atoms with E-state index in [0.29, 0.717) is 18.0 Å². The zero-order chi connectivity index (χ0) is 16.8. The summed E-state index contributed by atoms with van der Waals surface area (Å²) in [4.78, 5) is 14.1. The second-order valence-corrected chi connectivity index (χ2v) is 5.34. The van der Waals surface area contributed by atoms with Crippen molar-refractivity contribution in [3.05, 3.63) is 72.5 Å². The molecule has 0 saturated heterocycles. The summed E-state index contributed by atoms with van der Waals surface area (Å²) in [6.45, 7) is 0.599. The summed E-state index contributed by atoms with van der Waals surface area (Å²) in [6.07, 6.45) is 2.63. The Kier molecular flexibility index (Phi) is 5.01. The van der Waals surface area contributed by atoms with Crippen LogP contribution in [0.3, 0.4) is 0 Å². The Balaban J connectivity index is 1.74. The molecule has 0 aromatic heterocycles. The third-order valence-electron chi connectivity index (χ3n) is 3.65. The van der Waals surface area contributed by atoms with Gasteiger partial charge in [-0.05, 0) is 23.8 Å². The molecule has 1 amide bonds. The number of amides is 1. The standard InChI is InChI=1S/C19H19NO4/c1-22-12-11-16-13-20(17-9-5-6-10-18(17)24-16)19(21)23-14-15-7-3-2-4-8-15/h2-12,16H,13-14H2,1H3/b12-11+. The van der Waals surface area contributed by atoms with Crippen LogP contribution < -0.4 is 9.64 Å². The van der Waals surface area contributed by atoms with Gasteiger partial charge in [-0.25, -0.2) is 4.79 Å². The van der Waals surface area contributed by atoms with Gasteiger partial charge in [-0.1, -0.05) is 42.5 Å². The minimum atomic E-state index is -0.398. The summed E-state index contributed by atoms with van der Waals surface area (Å²) in [5.41, 5.74) is 1.65. The summed E-state index contributed by atoms with van der Waals surface area (Å²) in [7, 11) is 1.57. The van der Waals surface area contributed by atoms with E-state index in [2.05, 4.69) is 0 Å². The lowest BCUT2D eigenvalue weighted by Crippen LogP contribution is -2.43. The SMILES string of the molecule is CO/C=C/C1CN(C(=O)OCc2ccccc2)c2ccccc2O1. The van der Waals surface area contributed by atoms with E-state index in [4.69, 9.17) is 14.2 Å². The summed E-state index contributed by atoms with van der Waals surface area (Å²) < 4.78 is 16.3. The molecule has 0 radical (unpaired) electrons. The largest absolute Gasteiger partial charge is 0.505 e. The topological polar surface area (TPSA) is 48.0 Å². The Morgan fingerprint density at radius 3 is 2.75 bits per heavy atom. The van der Waals surface area contributed by atoms with Crippen LogP contribution in [-0.2, 0) is 16.1 Å². The number of benzene rings is 2. The van der Waals surface area contributed by atoms with Gasteiger partial charge in [0, 0.05) is 0 Å². The van der Waals surface area contributed by atoms with Gasteiger partial charge in [-0.3, -0.25) is 4.90 Å². The maximum Gasteiger partial charge on any atom is 0.414 e. The molecule has 0 spiro atoms. The van der Waals surface area contributed by atoms with Gasteiger partial charge in [0.05, 0.1) is 25.6 Å². The maximum atomic E-state index is 12.5. The van der Waals surface area contributed by atoms with Crippen molar-refractivity contribution in [1.82, 2.24) is 0 Å². The monoisotopic (exact) mass is 325 g/mol. The van der Waals surface area contributed by atoms with Crippen LogP contribution in [0, 0.1) is 0 Å². The van der Waals surface area contributed by atoms with Crippen LogP contribution in [0.4, 0.5) is 10.5 Å². The van der Waals surface area contributed by atoms with Crippen molar-refractivity contribution >= 4 is 11.8 Å². The predicted octanol–water partition coefficient (Wildman–Crippen LogP) is 3.75. The van der Waals surface area contributed by atoms with Gasteiger partial charge in [-0.2, -0.15) is 0 Å². The van der Waals surface area contributed by atoms with Crippen LogP contribution in [0.25, 0.3) is 0 Å². The molecule has 124 valence electrons. The molecule has 1 aliphatic heterocycles. The van der Waals surface area contributed by atoms with Crippen molar-refractivity contribution in [3.8, 4) is 5.75 Å². The highest BCUT2D eigenvalue weighted by atomic mass is 16.6. The fraction of sp³-hybridized carbons (Fsp3) is 0.211. The smallest absolute Gasteiger partial charge is 0.414 e. The van der Waals surface area contributed by atoms with E-state index in [1.807, 2.05) is 54.6 Å². The first-order valence-electron chi connectivity index (χ1n) is 7.71. The van der Waals surface area contributed by atoms with Gasteiger partial charge in [0.25, 0.3) is 0 Å². The summed E-state index contributed by atoms with van der Waals surface area (Å²) in [5.74, 6) is 0.645. The molecule has 0 N–H and O–H groups in total. The molecule has 0 bridgehead atoms. The van der Waals surface area contributed by atoms with Gasteiger partial charge in [0.2, 0.25) is 0 Å². The lowest BCUT2D eigenvalue weighted by Gasteiger charge is -2.32.